The van der Waals surface area contributed by atoms with Crippen LogP contribution in [0.25, 0.3) is 11.1 Å². The molecule has 0 atom stereocenters. The van der Waals surface area contributed by atoms with Crippen LogP contribution in [0.4, 0.5) is 0 Å². The van der Waals surface area contributed by atoms with E-state index in [1.165, 1.54) is 18.2 Å². The maximum Gasteiger partial charge on any atom is 0.325 e. The number of hydrogen-bond acceptors (Lipinski definition) is 3. The van der Waals surface area contributed by atoms with E-state index in [9.17, 15) is 4.79 Å². The normalized spacial score (nSPS) is 11.2. The molecule has 3 nitrogen and oxygen atoms in total. The van der Waals surface area contributed by atoms with Gasteiger partial charge in [0.2, 0.25) is 0 Å². The Labute approximate surface area is 126 Å². The number of rotatable bonds is 5. The molecule has 110 valence electrons. The van der Waals surface area contributed by atoms with E-state index in [2.05, 4.69) is 41.7 Å². The number of benzene rings is 2. The number of methoxy groups -OCH3 is 1. The first-order valence-electron chi connectivity index (χ1n) is 7.01. The Morgan fingerprint density at radius 1 is 1.00 bits per heavy atom. The molecule has 0 heterocycles. The standard InChI is InChI=1S/C18H21NO2/c1-18(2,17(20)21-3)19-13-14-9-11-16(12-10-14)15-7-5-4-6-8-15/h4-12,19H,13H2,1-3H3. The van der Waals surface area contributed by atoms with Gasteiger partial charge < -0.3 is 4.74 Å². The number of nitrogens with one attached hydrogen (secondary N) is 1. The van der Waals surface area contributed by atoms with Crippen molar-refractivity contribution in [1.29, 1.82) is 0 Å². The Morgan fingerprint density at radius 2 is 1.57 bits per heavy atom. The Morgan fingerprint density at radius 3 is 2.14 bits per heavy atom. The number of carbonyl (C=O) groups excluding carboxylic acids is 1. The minimum Gasteiger partial charge on any atom is -0.468 e. The zero-order chi connectivity index (χ0) is 15.3. The van der Waals surface area contributed by atoms with Crippen LogP contribution in [0.1, 0.15) is 19.4 Å². The minimum atomic E-state index is -0.688. The summed E-state index contributed by atoms with van der Waals surface area (Å²) >= 11 is 0. The average molecular weight is 283 g/mol. The zero-order valence-corrected chi connectivity index (χ0v) is 12.7. The first-order valence-corrected chi connectivity index (χ1v) is 7.01. The third-order valence-corrected chi connectivity index (χ3v) is 3.49. The summed E-state index contributed by atoms with van der Waals surface area (Å²) < 4.78 is 4.78. The second kappa shape index (κ2) is 6.55. The van der Waals surface area contributed by atoms with Crippen LogP contribution in [0.3, 0.4) is 0 Å². The molecule has 0 unspecified atom stereocenters. The molecule has 0 amide bonds. The van der Waals surface area contributed by atoms with Crippen LogP contribution in [0.5, 0.6) is 0 Å². The van der Waals surface area contributed by atoms with Crippen molar-refractivity contribution in [2.75, 3.05) is 7.11 Å². The van der Waals surface area contributed by atoms with E-state index in [1.807, 2.05) is 32.0 Å². The average Bonchev–Trinajstić information content (AvgIpc) is 2.53. The Bertz CT molecular complexity index is 588. The van der Waals surface area contributed by atoms with Gasteiger partial charge in [0.05, 0.1) is 7.11 Å². The van der Waals surface area contributed by atoms with Crippen molar-refractivity contribution in [1.82, 2.24) is 5.32 Å². The predicted molar refractivity (Wildman–Crippen MR) is 84.8 cm³/mol. The predicted octanol–water partition coefficient (Wildman–Crippen LogP) is 3.39. The van der Waals surface area contributed by atoms with Gasteiger partial charge >= 0.3 is 5.97 Å². The summed E-state index contributed by atoms with van der Waals surface area (Å²) in [6.07, 6.45) is 0. The molecule has 0 saturated carbocycles. The van der Waals surface area contributed by atoms with Crippen molar-refractivity contribution < 1.29 is 9.53 Å². The molecule has 0 spiro atoms. The molecule has 1 N–H and O–H groups in total. The molecular formula is C18H21NO2. The van der Waals surface area contributed by atoms with Crippen LogP contribution >= 0.6 is 0 Å². The van der Waals surface area contributed by atoms with Crippen LogP contribution in [-0.2, 0) is 16.1 Å². The molecule has 2 aromatic carbocycles. The Kier molecular flexibility index (Phi) is 4.76. The van der Waals surface area contributed by atoms with Gasteiger partial charge in [-0.25, -0.2) is 0 Å². The second-order valence-electron chi connectivity index (χ2n) is 5.53. The van der Waals surface area contributed by atoms with Crippen LogP contribution in [0, 0.1) is 0 Å². The lowest BCUT2D eigenvalue weighted by atomic mass is 10.0. The zero-order valence-electron chi connectivity index (χ0n) is 12.7. The topological polar surface area (TPSA) is 38.3 Å². The van der Waals surface area contributed by atoms with Crippen molar-refractivity contribution in [2.24, 2.45) is 0 Å². The molecule has 21 heavy (non-hydrogen) atoms. The second-order valence-corrected chi connectivity index (χ2v) is 5.53. The van der Waals surface area contributed by atoms with E-state index in [0.29, 0.717) is 6.54 Å². The van der Waals surface area contributed by atoms with Crippen LogP contribution in [-0.4, -0.2) is 18.6 Å². The van der Waals surface area contributed by atoms with Gasteiger partial charge in [0, 0.05) is 6.54 Å². The van der Waals surface area contributed by atoms with Crippen LogP contribution in [0.2, 0.25) is 0 Å². The van der Waals surface area contributed by atoms with Gasteiger partial charge in [-0.15, -0.1) is 0 Å². The molecule has 0 aromatic heterocycles. The fraction of sp³-hybridized carbons (Fsp3) is 0.278. The van der Waals surface area contributed by atoms with Crippen molar-refractivity contribution in [3.8, 4) is 11.1 Å². The lowest BCUT2D eigenvalue weighted by Crippen LogP contribution is -2.46. The molecule has 0 aliphatic heterocycles. The van der Waals surface area contributed by atoms with E-state index in [4.69, 9.17) is 4.74 Å². The molecule has 0 aliphatic carbocycles. The molecule has 0 aliphatic rings. The molecular weight excluding hydrogens is 262 g/mol. The molecule has 2 aromatic rings. The number of hydrogen-bond donors (Lipinski definition) is 1. The van der Waals surface area contributed by atoms with Gasteiger partial charge in [-0.3, -0.25) is 10.1 Å². The number of carbonyl (C=O) groups is 1. The Hall–Kier alpha value is -2.13. The lowest BCUT2D eigenvalue weighted by Gasteiger charge is -2.23. The summed E-state index contributed by atoms with van der Waals surface area (Å²) in [7, 11) is 1.40. The van der Waals surface area contributed by atoms with E-state index >= 15 is 0 Å². The molecule has 0 saturated heterocycles. The summed E-state index contributed by atoms with van der Waals surface area (Å²) in [4.78, 5) is 11.6. The van der Waals surface area contributed by atoms with Gasteiger partial charge in [-0.05, 0) is 30.5 Å². The minimum absolute atomic E-state index is 0.261. The maximum atomic E-state index is 11.6. The fourth-order valence-corrected chi connectivity index (χ4v) is 2.10. The largest absolute Gasteiger partial charge is 0.468 e. The summed E-state index contributed by atoms with van der Waals surface area (Å²) in [5.74, 6) is -0.261. The molecule has 0 fully saturated rings. The van der Waals surface area contributed by atoms with Crippen molar-refractivity contribution in [3.05, 3.63) is 60.2 Å². The van der Waals surface area contributed by atoms with Crippen molar-refractivity contribution in [2.45, 2.75) is 25.9 Å². The lowest BCUT2D eigenvalue weighted by molar-refractivity contribution is -0.147. The third kappa shape index (κ3) is 3.92. The summed E-state index contributed by atoms with van der Waals surface area (Å²) in [5.41, 5.74) is 2.83. The van der Waals surface area contributed by atoms with Gasteiger partial charge in [0.25, 0.3) is 0 Å². The van der Waals surface area contributed by atoms with Crippen LogP contribution < -0.4 is 5.32 Å². The summed E-state index contributed by atoms with van der Waals surface area (Å²) in [5, 5.41) is 3.21. The Balaban J connectivity index is 2.02. The highest BCUT2D eigenvalue weighted by molar-refractivity contribution is 5.79. The number of esters is 1. The van der Waals surface area contributed by atoms with Gasteiger partial charge in [-0.2, -0.15) is 0 Å². The SMILES string of the molecule is COC(=O)C(C)(C)NCc1ccc(-c2ccccc2)cc1. The highest BCUT2D eigenvalue weighted by Crippen LogP contribution is 2.19. The van der Waals surface area contributed by atoms with Gasteiger partial charge in [0.15, 0.2) is 0 Å². The highest BCUT2D eigenvalue weighted by Gasteiger charge is 2.27. The summed E-state index contributed by atoms with van der Waals surface area (Å²) in [6.45, 7) is 4.26. The quantitative estimate of drug-likeness (QED) is 0.855. The first kappa shape index (κ1) is 15.3. The van der Waals surface area contributed by atoms with E-state index in [0.717, 1.165) is 5.56 Å². The van der Waals surface area contributed by atoms with Crippen LogP contribution in [0.15, 0.2) is 54.6 Å². The first-order chi connectivity index (χ1) is 10.0. The van der Waals surface area contributed by atoms with Crippen molar-refractivity contribution >= 4 is 5.97 Å². The fourth-order valence-electron chi connectivity index (χ4n) is 2.10. The molecule has 0 bridgehead atoms. The molecule has 0 radical (unpaired) electrons. The highest BCUT2D eigenvalue weighted by atomic mass is 16.5. The third-order valence-electron chi connectivity index (χ3n) is 3.49. The molecule has 3 heteroatoms. The monoisotopic (exact) mass is 283 g/mol. The van der Waals surface area contributed by atoms with Gasteiger partial charge in [0.1, 0.15) is 5.54 Å². The van der Waals surface area contributed by atoms with E-state index in [1.54, 1.807) is 0 Å². The molecule has 2 rings (SSSR count). The maximum absolute atomic E-state index is 11.6. The summed E-state index contributed by atoms with van der Waals surface area (Å²) in [6, 6.07) is 18.6. The van der Waals surface area contributed by atoms with E-state index in [-0.39, 0.29) is 5.97 Å². The number of ether oxygens (including phenoxy) is 1. The van der Waals surface area contributed by atoms with E-state index < -0.39 is 5.54 Å². The van der Waals surface area contributed by atoms with Gasteiger partial charge in [-0.1, -0.05) is 54.6 Å². The smallest absolute Gasteiger partial charge is 0.325 e. The van der Waals surface area contributed by atoms with Crippen molar-refractivity contribution in [3.63, 3.8) is 0 Å².